The zero-order valence-electron chi connectivity index (χ0n) is 9.95. The lowest BCUT2D eigenvalue weighted by molar-refractivity contribution is -0.157. The Morgan fingerprint density at radius 1 is 1.47 bits per heavy atom. The maximum absolute atomic E-state index is 12.0. The lowest BCUT2D eigenvalue weighted by Crippen LogP contribution is -2.65. The van der Waals surface area contributed by atoms with Crippen molar-refractivity contribution in [3.05, 3.63) is 0 Å². The van der Waals surface area contributed by atoms with Gasteiger partial charge in [-0.2, -0.15) is 0 Å². The van der Waals surface area contributed by atoms with E-state index in [4.69, 9.17) is 23.2 Å². The van der Waals surface area contributed by atoms with Gasteiger partial charge in [0.05, 0.1) is 0 Å². The van der Waals surface area contributed by atoms with Crippen molar-refractivity contribution >= 4 is 35.0 Å². The first-order valence-electron chi connectivity index (χ1n) is 5.76. The zero-order chi connectivity index (χ0) is 12.8. The number of carbonyl (C=O) groups is 2. The smallest absolute Gasteiger partial charge is 0.257 e. The van der Waals surface area contributed by atoms with Crippen molar-refractivity contribution in [3.8, 4) is 0 Å². The summed E-state index contributed by atoms with van der Waals surface area (Å²) in [6.45, 7) is 5.24. The Balaban J connectivity index is 2.31. The van der Waals surface area contributed by atoms with Gasteiger partial charge in [0.1, 0.15) is 5.66 Å². The van der Waals surface area contributed by atoms with Gasteiger partial charge in [0, 0.05) is 19.5 Å². The monoisotopic (exact) mass is 278 g/mol. The van der Waals surface area contributed by atoms with Crippen LogP contribution in [0.5, 0.6) is 0 Å². The molecule has 2 aliphatic heterocycles. The summed E-state index contributed by atoms with van der Waals surface area (Å²) >= 11 is 11.3. The average Bonchev–Trinajstić information content (AvgIpc) is 2.55. The minimum absolute atomic E-state index is 0.109. The Morgan fingerprint density at radius 3 is 2.71 bits per heavy atom. The number of amides is 2. The molecule has 0 spiro atoms. The van der Waals surface area contributed by atoms with E-state index in [9.17, 15) is 9.59 Å². The SMILES string of the molecule is CC1CN2C(=O)CCC2(C)N(C(=O)C(Cl)Cl)C1. The summed E-state index contributed by atoms with van der Waals surface area (Å²) in [4.78, 5) is 26.2. The molecule has 0 aliphatic carbocycles. The molecule has 2 rings (SSSR count). The Hall–Kier alpha value is -0.480. The van der Waals surface area contributed by atoms with Crippen LogP contribution >= 0.6 is 23.2 Å². The highest BCUT2D eigenvalue weighted by atomic mass is 35.5. The molecule has 0 aromatic rings. The highest BCUT2D eigenvalue weighted by Crippen LogP contribution is 2.38. The lowest BCUT2D eigenvalue weighted by atomic mass is 9.98. The van der Waals surface area contributed by atoms with Gasteiger partial charge in [-0.05, 0) is 19.3 Å². The minimum Gasteiger partial charge on any atom is -0.319 e. The minimum atomic E-state index is -1.06. The first-order chi connectivity index (χ1) is 7.86. The fourth-order valence-corrected chi connectivity index (χ4v) is 3.02. The van der Waals surface area contributed by atoms with Crippen molar-refractivity contribution in [1.82, 2.24) is 9.80 Å². The molecular formula is C11H16Cl2N2O2. The molecule has 0 saturated carbocycles. The number of hydrogen-bond donors (Lipinski definition) is 0. The van der Waals surface area contributed by atoms with Crippen LogP contribution < -0.4 is 0 Å². The molecule has 2 amide bonds. The number of alkyl halides is 2. The molecule has 2 fully saturated rings. The van der Waals surface area contributed by atoms with Gasteiger partial charge >= 0.3 is 0 Å². The first kappa shape index (κ1) is 13.0. The summed E-state index contributed by atoms with van der Waals surface area (Å²) in [6.07, 6.45) is 1.15. The fourth-order valence-electron chi connectivity index (χ4n) is 2.78. The second-order valence-corrected chi connectivity index (χ2v) is 6.17. The van der Waals surface area contributed by atoms with Crippen molar-refractivity contribution < 1.29 is 9.59 Å². The predicted molar refractivity (Wildman–Crippen MR) is 65.7 cm³/mol. The normalized spacial score (nSPS) is 33.2. The van der Waals surface area contributed by atoms with Crippen LogP contribution in [0.25, 0.3) is 0 Å². The van der Waals surface area contributed by atoms with Crippen molar-refractivity contribution in [2.24, 2.45) is 5.92 Å². The van der Waals surface area contributed by atoms with Gasteiger partial charge in [-0.1, -0.05) is 30.1 Å². The predicted octanol–water partition coefficient (Wildman–Crippen LogP) is 1.61. The molecule has 17 heavy (non-hydrogen) atoms. The highest BCUT2D eigenvalue weighted by molar-refractivity contribution is 6.53. The molecule has 0 bridgehead atoms. The van der Waals surface area contributed by atoms with Crippen molar-refractivity contribution in [1.29, 1.82) is 0 Å². The van der Waals surface area contributed by atoms with E-state index in [1.807, 2.05) is 13.8 Å². The van der Waals surface area contributed by atoms with E-state index in [0.717, 1.165) is 0 Å². The molecule has 2 heterocycles. The largest absolute Gasteiger partial charge is 0.319 e. The molecule has 2 saturated heterocycles. The van der Waals surface area contributed by atoms with Gasteiger partial charge in [0.15, 0.2) is 4.84 Å². The van der Waals surface area contributed by atoms with Crippen molar-refractivity contribution in [2.75, 3.05) is 13.1 Å². The summed E-state index contributed by atoms with van der Waals surface area (Å²) in [5.74, 6) is 0.0563. The standard InChI is InChI=1S/C11H16Cl2N2O2/c1-7-5-14-8(16)3-4-11(14,2)15(6-7)10(17)9(12)13/h7,9H,3-6H2,1-2H3. The molecule has 0 aromatic heterocycles. The third kappa shape index (κ3) is 2.02. The van der Waals surface area contributed by atoms with E-state index < -0.39 is 10.5 Å². The quantitative estimate of drug-likeness (QED) is 0.684. The number of nitrogens with zero attached hydrogens (tertiary/aromatic N) is 2. The van der Waals surface area contributed by atoms with Gasteiger partial charge in [-0.15, -0.1) is 0 Å². The van der Waals surface area contributed by atoms with Crippen LogP contribution in [0.2, 0.25) is 0 Å². The molecule has 6 heteroatoms. The van der Waals surface area contributed by atoms with E-state index >= 15 is 0 Å². The van der Waals surface area contributed by atoms with E-state index in [-0.39, 0.29) is 17.7 Å². The average molecular weight is 279 g/mol. The van der Waals surface area contributed by atoms with E-state index in [2.05, 4.69) is 0 Å². The maximum Gasteiger partial charge on any atom is 0.257 e. The number of fused-ring (bicyclic) bond motifs is 1. The Morgan fingerprint density at radius 2 is 2.12 bits per heavy atom. The molecule has 4 nitrogen and oxygen atoms in total. The van der Waals surface area contributed by atoms with Gasteiger partial charge < -0.3 is 9.80 Å². The third-order valence-corrected chi connectivity index (χ3v) is 4.09. The zero-order valence-corrected chi connectivity index (χ0v) is 11.5. The maximum atomic E-state index is 12.0. The van der Waals surface area contributed by atoms with E-state index in [0.29, 0.717) is 25.9 Å². The summed E-state index contributed by atoms with van der Waals surface area (Å²) in [7, 11) is 0. The Bertz CT molecular complexity index is 361. The van der Waals surface area contributed by atoms with E-state index in [1.165, 1.54) is 0 Å². The molecule has 2 atom stereocenters. The van der Waals surface area contributed by atoms with Gasteiger partial charge in [0.25, 0.3) is 5.91 Å². The first-order valence-corrected chi connectivity index (χ1v) is 6.63. The summed E-state index contributed by atoms with van der Waals surface area (Å²) in [5.41, 5.74) is -0.539. The van der Waals surface area contributed by atoms with Gasteiger partial charge in [0.2, 0.25) is 5.91 Å². The number of rotatable bonds is 1. The van der Waals surface area contributed by atoms with Crippen LogP contribution in [-0.2, 0) is 9.59 Å². The van der Waals surface area contributed by atoms with Crippen LogP contribution in [0.4, 0.5) is 0 Å². The topological polar surface area (TPSA) is 40.6 Å². The Labute approximate surface area is 111 Å². The fraction of sp³-hybridized carbons (Fsp3) is 0.818. The van der Waals surface area contributed by atoms with Crippen LogP contribution in [0.3, 0.4) is 0 Å². The molecule has 0 aromatic carbocycles. The molecular weight excluding hydrogens is 263 g/mol. The third-order valence-electron chi connectivity index (χ3n) is 3.72. The van der Waals surface area contributed by atoms with Crippen LogP contribution in [0, 0.1) is 5.92 Å². The molecule has 2 aliphatic rings. The van der Waals surface area contributed by atoms with E-state index in [1.54, 1.807) is 9.80 Å². The second-order valence-electron chi connectivity index (χ2n) is 5.08. The molecule has 0 N–H and O–H groups in total. The van der Waals surface area contributed by atoms with Crippen LogP contribution in [0.1, 0.15) is 26.7 Å². The molecule has 96 valence electrons. The molecule has 2 unspecified atom stereocenters. The van der Waals surface area contributed by atoms with Gasteiger partial charge in [-0.3, -0.25) is 9.59 Å². The van der Waals surface area contributed by atoms with Crippen LogP contribution in [0.15, 0.2) is 0 Å². The van der Waals surface area contributed by atoms with Crippen molar-refractivity contribution in [2.45, 2.75) is 37.2 Å². The second kappa shape index (κ2) is 4.32. The highest BCUT2D eigenvalue weighted by Gasteiger charge is 2.51. The summed E-state index contributed by atoms with van der Waals surface area (Å²) in [6, 6.07) is 0. The number of halogens is 2. The summed E-state index contributed by atoms with van der Waals surface area (Å²) in [5, 5.41) is 0. The lowest BCUT2D eigenvalue weighted by Gasteiger charge is -2.50. The van der Waals surface area contributed by atoms with Crippen molar-refractivity contribution in [3.63, 3.8) is 0 Å². The van der Waals surface area contributed by atoms with Gasteiger partial charge in [-0.25, -0.2) is 0 Å². The Kier molecular flexibility index (Phi) is 3.29. The number of carbonyl (C=O) groups excluding carboxylic acids is 2. The number of hydrogen-bond acceptors (Lipinski definition) is 2. The molecule has 0 radical (unpaired) electrons. The van der Waals surface area contributed by atoms with Crippen LogP contribution in [-0.4, -0.2) is 45.2 Å². The summed E-state index contributed by atoms with van der Waals surface area (Å²) < 4.78 is 0.